The molecule has 3 heteroatoms. The van der Waals surface area contributed by atoms with Crippen LogP contribution in [-0.2, 0) is 0 Å². The maximum absolute atomic E-state index is 6.07. The lowest BCUT2D eigenvalue weighted by atomic mass is 9.48. The Hall–Kier alpha value is -0.930. The lowest BCUT2D eigenvalue weighted by Crippen LogP contribution is -2.61. The van der Waals surface area contributed by atoms with E-state index in [4.69, 9.17) is 12.2 Å². The number of nitrogens with zero attached hydrogens (tertiary/aromatic N) is 1. The normalized spacial score (nSPS) is 37.2. The molecule has 0 heterocycles. The van der Waals surface area contributed by atoms with Crippen LogP contribution < -0.4 is 10.2 Å². The number of rotatable bonds is 5. The molecule has 0 radical (unpaired) electrons. The summed E-state index contributed by atoms with van der Waals surface area (Å²) in [4.78, 5) is 3.61. The number of anilines is 1. The summed E-state index contributed by atoms with van der Waals surface area (Å²) in [7, 11) is 0. The quantitative estimate of drug-likeness (QED) is 0.618. The second-order valence-electron chi connectivity index (χ2n) is 10.5. The molecule has 0 aromatic heterocycles. The predicted octanol–water partition coefficient (Wildman–Crippen LogP) is 5.96. The number of nitrogens with one attached hydrogen (secondary N) is 1. The number of para-hydroxylation sites is 1. The molecule has 6 rings (SSSR count). The SMILES string of the molecule is CC12CC3CC(CC(C3)C1NCC(=S)N(c1ccccc1)C1CCCCC1)C2. The first kappa shape index (κ1) is 19.1. The molecular formula is C25H36N2S. The van der Waals surface area contributed by atoms with Crippen molar-refractivity contribution in [2.75, 3.05) is 11.4 Å². The first-order chi connectivity index (χ1) is 13.6. The van der Waals surface area contributed by atoms with Crippen LogP contribution in [0.1, 0.15) is 71.1 Å². The van der Waals surface area contributed by atoms with Crippen molar-refractivity contribution in [2.45, 2.75) is 83.2 Å². The molecule has 1 aromatic carbocycles. The molecule has 0 amide bonds. The fourth-order valence-electron chi connectivity index (χ4n) is 7.63. The molecule has 3 atom stereocenters. The second kappa shape index (κ2) is 7.72. The van der Waals surface area contributed by atoms with Gasteiger partial charge >= 0.3 is 0 Å². The summed E-state index contributed by atoms with van der Waals surface area (Å²) in [5.41, 5.74) is 1.80. The van der Waals surface area contributed by atoms with Crippen molar-refractivity contribution in [3.05, 3.63) is 30.3 Å². The molecule has 0 aliphatic heterocycles. The highest BCUT2D eigenvalue weighted by molar-refractivity contribution is 7.80. The van der Waals surface area contributed by atoms with Gasteiger partial charge in [-0.3, -0.25) is 0 Å². The van der Waals surface area contributed by atoms with Crippen LogP contribution in [0.15, 0.2) is 30.3 Å². The van der Waals surface area contributed by atoms with Crippen LogP contribution in [0.3, 0.4) is 0 Å². The van der Waals surface area contributed by atoms with Gasteiger partial charge in [-0.05, 0) is 80.2 Å². The van der Waals surface area contributed by atoms with Crippen LogP contribution in [0.2, 0.25) is 0 Å². The fraction of sp³-hybridized carbons (Fsp3) is 0.720. The fourth-order valence-corrected chi connectivity index (χ4v) is 7.97. The second-order valence-corrected chi connectivity index (χ2v) is 11.0. The average molecular weight is 397 g/mol. The minimum absolute atomic E-state index is 0.507. The van der Waals surface area contributed by atoms with Crippen molar-refractivity contribution in [3.63, 3.8) is 0 Å². The molecule has 5 aliphatic carbocycles. The Labute approximate surface area is 176 Å². The van der Waals surface area contributed by atoms with E-state index < -0.39 is 0 Å². The highest BCUT2D eigenvalue weighted by Crippen LogP contribution is 2.59. The molecule has 152 valence electrons. The Morgan fingerprint density at radius 1 is 1.04 bits per heavy atom. The first-order valence-corrected chi connectivity index (χ1v) is 12.1. The van der Waals surface area contributed by atoms with E-state index >= 15 is 0 Å². The minimum Gasteiger partial charge on any atom is -0.332 e. The summed E-state index contributed by atoms with van der Waals surface area (Å²) >= 11 is 6.07. The Bertz CT molecular complexity index is 682. The van der Waals surface area contributed by atoms with Gasteiger partial charge in [0, 0.05) is 24.3 Å². The zero-order valence-electron chi connectivity index (χ0n) is 17.4. The van der Waals surface area contributed by atoms with Crippen LogP contribution in [-0.4, -0.2) is 23.6 Å². The molecule has 5 saturated carbocycles. The molecule has 2 nitrogen and oxygen atoms in total. The Morgan fingerprint density at radius 2 is 1.71 bits per heavy atom. The van der Waals surface area contributed by atoms with Gasteiger partial charge in [-0.15, -0.1) is 0 Å². The summed E-state index contributed by atoms with van der Waals surface area (Å²) in [5, 5.41) is 4.01. The highest BCUT2D eigenvalue weighted by Gasteiger charge is 2.54. The minimum atomic E-state index is 0.507. The van der Waals surface area contributed by atoms with Crippen molar-refractivity contribution in [2.24, 2.45) is 23.2 Å². The van der Waals surface area contributed by atoms with E-state index in [0.717, 1.165) is 29.3 Å². The van der Waals surface area contributed by atoms with Gasteiger partial charge in [0.15, 0.2) is 0 Å². The summed E-state index contributed by atoms with van der Waals surface area (Å²) in [6.45, 7) is 3.43. The first-order valence-electron chi connectivity index (χ1n) is 11.7. The summed E-state index contributed by atoms with van der Waals surface area (Å²) in [5.74, 6) is 2.91. The zero-order valence-corrected chi connectivity index (χ0v) is 18.2. The number of benzene rings is 1. The van der Waals surface area contributed by atoms with Crippen LogP contribution in [0, 0.1) is 23.2 Å². The lowest BCUT2D eigenvalue weighted by molar-refractivity contribution is -0.0724. The van der Waals surface area contributed by atoms with Crippen molar-refractivity contribution in [1.29, 1.82) is 0 Å². The van der Waals surface area contributed by atoms with E-state index in [0.29, 0.717) is 17.5 Å². The van der Waals surface area contributed by atoms with E-state index in [1.807, 2.05) is 0 Å². The van der Waals surface area contributed by atoms with E-state index in [1.54, 1.807) is 0 Å². The Kier molecular flexibility index (Phi) is 5.25. The monoisotopic (exact) mass is 396 g/mol. The smallest absolute Gasteiger partial charge is 0.0966 e. The molecule has 4 bridgehead atoms. The number of hydrogen-bond donors (Lipinski definition) is 1. The summed E-state index contributed by atoms with van der Waals surface area (Å²) < 4.78 is 0. The molecule has 28 heavy (non-hydrogen) atoms. The molecule has 1 aromatic rings. The highest BCUT2D eigenvalue weighted by atomic mass is 32.1. The van der Waals surface area contributed by atoms with E-state index in [2.05, 4.69) is 47.5 Å². The molecule has 3 unspecified atom stereocenters. The van der Waals surface area contributed by atoms with Gasteiger partial charge < -0.3 is 10.2 Å². The standard InChI is InChI=1S/C25H36N2S/c1-25-15-18-12-19(16-25)14-20(13-18)24(25)26-17-23(28)27(21-8-4-2-5-9-21)22-10-6-3-7-11-22/h2,4-5,8-9,18-20,22,24,26H,3,6-7,10-17H2,1H3. The summed E-state index contributed by atoms with van der Waals surface area (Å²) in [6.07, 6.45) is 13.9. The van der Waals surface area contributed by atoms with Gasteiger partial charge in [0.1, 0.15) is 0 Å². The summed E-state index contributed by atoms with van der Waals surface area (Å²) in [6, 6.07) is 12.1. The third kappa shape index (κ3) is 3.54. The van der Waals surface area contributed by atoms with Crippen LogP contribution >= 0.6 is 12.2 Å². The molecule has 1 N–H and O–H groups in total. The Balaban J connectivity index is 1.30. The van der Waals surface area contributed by atoms with Gasteiger partial charge in [0.25, 0.3) is 0 Å². The maximum Gasteiger partial charge on any atom is 0.0966 e. The Morgan fingerprint density at radius 3 is 2.36 bits per heavy atom. The largest absolute Gasteiger partial charge is 0.332 e. The van der Waals surface area contributed by atoms with Gasteiger partial charge in [-0.25, -0.2) is 0 Å². The van der Waals surface area contributed by atoms with Crippen molar-refractivity contribution >= 4 is 22.9 Å². The number of thiocarbonyl (C=S) groups is 1. The van der Waals surface area contributed by atoms with Gasteiger partial charge in [0.2, 0.25) is 0 Å². The van der Waals surface area contributed by atoms with Gasteiger partial charge in [-0.2, -0.15) is 0 Å². The lowest BCUT2D eigenvalue weighted by Gasteiger charge is -2.60. The van der Waals surface area contributed by atoms with Crippen molar-refractivity contribution in [3.8, 4) is 0 Å². The average Bonchev–Trinajstić information content (AvgIpc) is 2.68. The van der Waals surface area contributed by atoms with E-state index in [-0.39, 0.29) is 0 Å². The molecular weight excluding hydrogens is 360 g/mol. The zero-order chi connectivity index (χ0) is 19.1. The van der Waals surface area contributed by atoms with Crippen molar-refractivity contribution < 1.29 is 0 Å². The third-order valence-electron chi connectivity index (χ3n) is 8.39. The molecule has 0 spiro atoms. The van der Waals surface area contributed by atoms with Crippen LogP contribution in [0.4, 0.5) is 5.69 Å². The molecule has 5 fully saturated rings. The third-order valence-corrected chi connectivity index (χ3v) is 8.73. The topological polar surface area (TPSA) is 15.3 Å². The maximum atomic E-state index is 6.07. The van der Waals surface area contributed by atoms with Crippen molar-refractivity contribution in [1.82, 2.24) is 5.32 Å². The van der Waals surface area contributed by atoms with Crippen LogP contribution in [0.25, 0.3) is 0 Å². The predicted molar refractivity (Wildman–Crippen MR) is 122 cm³/mol. The molecule has 5 aliphatic rings. The van der Waals surface area contributed by atoms with Gasteiger partial charge in [0.05, 0.1) is 4.99 Å². The van der Waals surface area contributed by atoms with Crippen LogP contribution in [0.5, 0.6) is 0 Å². The number of hydrogen-bond acceptors (Lipinski definition) is 2. The van der Waals surface area contributed by atoms with E-state index in [9.17, 15) is 0 Å². The van der Waals surface area contributed by atoms with Gasteiger partial charge in [-0.1, -0.05) is 56.6 Å². The van der Waals surface area contributed by atoms with E-state index in [1.165, 1.54) is 69.9 Å². The molecule has 0 saturated heterocycles.